The van der Waals surface area contributed by atoms with E-state index >= 15 is 0 Å². The molecule has 7 nitrogen and oxygen atoms in total. The highest BCUT2D eigenvalue weighted by Gasteiger charge is 2.43. The molecule has 0 saturated carbocycles. The van der Waals surface area contributed by atoms with Crippen molar-refractivity contribution in [2.24, 2.45) is 4.99 Å². The van der Waals surface area contributed by atoms with Crippen LogP contribution in [0.2, 0.25) is 0 Å². The molecule has 0 aliphatic carbocycles. The van der Waals surface area contributed by atoms with Gasteiger partial charge in [-0.15, -0.1) is 0 Å². The summed E-state index contributed by atoms with van der Waals surface area (Å²) in [5, 5.41) is 12.5. The Labute approximate surface area is 192 Å². The maximum atomic E-state index is 12.6. The molecular formula is C24H29N5O2S. The van der Waals surface area contributed by atoms with E-state index in [0.29, 0.717) is 29.0 Å². The van der Waals surface area contributed by atoms with Gasteiger partial charge in [0.2, 0.25) is 0 Å². The van der Waals surface area contributed by atoms with Crippen LogP contribution < -0.4 is 21.3 Å². The highest BCUT2D eigenvalue weighted by atomic mass is 32.2. The number of nitrogens with one attached hydrogen (secondary N) is 4. The van der Waals surface area contributed by atoms with E-state index in [0.717, 1.165) is 35.7 Å². The topological polar surface area (TPSA) is 94.6 Å². The van der Waals surface area contributed by atoms with Crippen LogP contribution in [-0.4, -0.2) is 48.8 Å². The number of carbonyl (C=O) groups excluding carboxylic acids is 2. The van der Waals surface area contributed by atoms with Crippen molar-refractivity contribution in [1.82, 2.24) is 10.6 Å². The minimum Gasteiger partial charge on any atom is -0.370 e. The standard InChI is InChI=1S/C24H29N5O2S/c1-15-5-4-6-16(13-15)14-27-23-24(9-11-32-12-10-24)29-20-18(22(31)26-3)8-7-17(19(20)28-23)21(30)25-2/h4-8,13,29H,9-12,14H2,1-3H3,(H,25,30)(H,26,31)(H,27,28). The maximum absolute atomic E-state index is 12.6. The van der Waals surface area contributed by atoms with E-state index in [2.05, 4.69) is 46.4 Å². The molecule has 2 aromatic carbocycles. The molecule has 2 aliphatic heterocycles. The maximum Gasteiger partial charge on any atom is 0.253 e. The summed E-state index contributed by atoms with van der Waals surface area (Å²) in [6.45, 7) is 2.61. The first-order valence-corrected chi connectivity index (χ1v) is 12.0. The fourth-order valence-corrected chi connectivity index (χ4v) is 5.49. The largest absolute Gasteiger partial charge is 0.370 e. The van der Waals surface area contributed by atoms with Crippen molar-refractivity contribution in [1.29, 1.82) is 0 Å². The fourth-order valence-electron chi connectivity index (χ4n) is 4.30. The summed E-state index contributed by atoms with van der Waals surface area (Å²) in [4.78, 5) is 30.2. The molecule has 1 saturated heterocycles. The van der Waals surface area contributed by atoms with Gasteiger partial charge in [0.1, 0.15) is 5.84 Å². The van der Waals surface area contributed by atoms with Crippen molar-refractivity contribution in [2.75, 3.05) is 36.2 Å². The van der Waals surface area contributed by atoms with E-state index in [1.807, 2.05) is 17.8 Å². The Kier molecular flexibility index (Phi) is 6.41. The Balaban J connectivity index is 1.82. The lowest BCUT2D eigenvalue weighted by Crippen LogP contribution is -2.55. The second kappa shape index (κ2) is 9.24. The SMILES string of the molecule is CNC(=O)c1ccc(C(=O)NC)c2c1NC(=NCc1cccc(C)c1)C1(CCSCC1)N2. The molecule has 4 rings (SSSR count). The molecule has 0 radical (unpaired) electrons. The van der Waals surface area contributed by atoms with Gasteiger partial charge >= 0.3 is 0 Å². The van der Waals surface area contributed by atoms with Crippen LogP contribution in [0.25, 0.3) is 0 Å². The Hall–Kier alpha value is -3.00. The zero-order chi connectivity index (χ0) is 22.7. The predicted molar refractivity (Wildman–Crippen MR) is 132 cm³/mol. The number of hydrogen-bond donors (Lipinski definition) is 4. The van der Waals surface area contributed by atoms with Crippen LogP contribution in [-0.2, 0) is 6.54 Å². The molecular weight excluding hydrogens is 422 g/mol. The van der Waals surface area contributed by atoms with Crippen molar-refractivity contribution < 1.29 is 9.59 Å². The first-order chi connectivity index (χ1) is 15.5. The van der Waals surface area contributed by atoms with Gasteiger partial charge < -0.3 is 21.3 Å². The molecule has 2 amide bonds. The van der Waals surface area contributed by atoms with Gasteiger partial charge in [0, 0.05) is 14.1 Å². The lowest BCUT2D eigenvalue weighted by atomic mass is 9.86. The monoisotopic (exact) mass is 451 g/mol. The summed E-state index contributed by atoms with van der Waals surface area (Å²) in [6.07, 6.45) is 1.77. The number of thioether (sulfide) groups is 1. The number of hydrogen-bond acceptors (Lipinski definition) is 5. The van der Waals surface area contributed by atoms with Crippen molar-refractivity contribution in [3.8, 4) is 0 Å². The number of amidine groups is 1. The van der Waals surface area contributed by atoms with Crippen LogP contribution in [0.1, 0.15) is 44.7 Å². The van der Waals surface area contributed by atoms with Crippen LogP contribution in [0.3, 0.4) is 0 Å². The van der Waals surface area contributed by atoms with E-state index in [-0.39, 0.29) is 11.8 Å². The number of amides is 2. The summed E-state index contributed by atoms with van der Waals surface area (Å²) in [7, 11) is 3.21. The minimum atomic E-state index is -0.397. The Bertz CT molecular complexity index is 1080. The fraction of sp³-hybridized carbons (Fsp3) is 0.375. The van der Waals surface area contributed by atoms with E-state index in [1.165, 1.54) is 5.56 Å². The van der Waals surface area contributed by atoms with Gasteiger partial charge in [0.15, 0.2) is 0 Å². The third kappa shape index (κ3) is 4.19. The second-order valence-corrected chi connectivity index (χ2v) is 9.39. The number of anilines is 2. The Morgan fingerprint density at radius 1 is 1.03 bits per heavy atom. The molecule has 168 valence electrons. The third-order valence-corrected chi connectivity index (χ3v) is 7.04. The quantitative estimate of drug-likeness (QED) is 0.572. The van der Waals surface area contributed by atoms with Crippen LogP contribution >= 0.6 is 11.8 Å². The lowest BCUT2D eigenvalue weighted by molar-refractivity contribution is 0.0952. The Morgan fingerprint density at radius 3 is 2.31 bits per heavy atom. The number of nitrogens with zero attached hydrogens (tertiary/aromatic N) is 1. The number of aryl methyl sites for hydroxylation is 1. The van der Waals surface area contributed by atoms with Crippen molar-refractivity contribution in [3.63, 3.8) is 0 Å². The summed E-state index contributed by atoms with van der Waals surface area (Å²) in [6, 6.07) is 11.7. The number of benzene rings is 2. The molecule has 0 aromatic heterocycles. The summed E-state index contributed by atoms with van der Waals surface area (Å²) in [5.41, 5.74) is 4.18. The number of fused-ring (bicyclic) bond motifs is 1. The molecule has 2 heterocycles. The molecule has 0 bridgehead atoms. The lowest BCUT2D eigenvalue weighted by Gasteiger charge is -2.44. The molecule has 1 spiro atoms. The van der Waals surface area contributed by atoms with E-state index < -0.39 is 5.54 Å². The molecule has 2 aromatic rings. The van der Waals surface area contributed by atoms with Gasteiger partial charge in [0.25, 0.3) is 11.8 Å². The van der Waals surface area contributed by atoms with Crippen LogP contribution in [0.5, 0.6) is 0 Å². The van der Waals surface area contributed by atoms with Crippen molar-refractivity contribution >= 4 is 40.8 Å². The summed E-state index contributed by atoms with van der Waals surface area (Å²) in [5.74, 6) is 2.41. The Morgan fingerprint density at radius 2 is 1.69 bits per heavy atom. The van der Waals surface area contributed by atoms with Gasteiger partial charge in [-0.2, -0.15) is 11.8 Å². The molecule has 8 heteroatoms. The zero-order valence-corrected chi connectivity index (χ0v) is 19.5. The molecule has 1 fully saturated rings. The third-order valence-electron chi connectivity index (χ3n) is 6.06. The summed E-state index contributed by atoms with van der Waals surface area (Å²) >= 11 is 1.92. The average molecular weight is 452 g/mol. The predicted octanol–water partition coefficient (Wildman–Crippen LogP) is 3.42. The minimum absolute atomic E-state index is 0.195. The number of carbonyl (C=O) groups is 2. The smallest absolute Gasteiger partial charge is 0.253 e. The van der Waals surface area contributed by atoms with Gasteiger partial charge in [-0.05, 0) is 49.0 Å². The molecule has 2 aliphatic rings. The zero-order valence-electron chi connectivity index (χ0n) is 18.7. The van der Waals surface area contributed by atoms with Gasteiger partial charge in [-0.1, -0.05) is 29.8 Å². The van der Waals surface area contributed by atoms with Crippen LogP contribution in [0.15, 0.2) is 41.4 Å². The van der Waals surface area contributed by atoms with Crippen molar-refractivity contribution in [3.05, 3.63) is 58.7 Å². The molecule has 4 N–H and O–H groups in total. The van der Waals surface area contributed by atoms with Gasteiger partial charge in [-0.3, -0.25) is 14.6 Å². The highest BCUT2D eigenvalue weighted by Crippen LogP contribution is 2.42. The first kappa shape index (κ1) is 22.2. The summed E-state index contributed by atoms with van der Waals surface area (Å²) < 4.78 is 0. The molecule has 32 heavy (non-hydrogen) atoms. The molecule has 0 unspecified atom stereocenters. The van der Waals surface area contributed by atoms with Crippen LogP contribution in [0, 0.1) is 6.92 Å². The number of aliphatic imine (C=N–C) groups is 1. The average Bonchev–Trinajstić information content (AvgIpc) is 2.81. The van der Waals surface area contributed by atoms with Gasteiger partial charge in [-0.25, -0.2) is 0 Å². The van der Waals surface area contributed by atoms with E-state index in [1.54, 1.807) is 26.2 Å². The normalized spacial score (nSPS) is 17.8. The second-order valence-electron chi connectivity index (χ2n) is 8.17. The number of rotatable bonds is 4. The van der Waals surface area contributed by atoms with Crippen molar-refractivity contribution in [2.45, 2.75) is 31.8 Å². The van der Waals surface area contributed by atoms with Crippen LogP contribution in [0.4, 0.5) is 11.4 Å². The van der Waals surface area contributed by atoms with E-state index in [4.69, 9.17) is 4.99 Å². The first-order valence-electron chi connectivity index (χ1n) is 10.8. The van der Waals surface area contributed by atoms with E-state index in [9.17, 15) is 9.59 Å². The van der Waals surface area contributed by atoms with Gasteiger partial charge in [0.05, 0.1) is 34.6 Å². The highest BCUT2D eigenvalue weighted by molar-refractivity contribution is 7.99. The molecule has 0 atom stereocenters.